The first-order valence-electron chi connectivity index (χ1n) is 7.48. The van der Waals surface area contributed by atoms with Gasteiger partial charge in [-0.1, -0.05) is 13.3 Å². The maximum absolute atomic E-state index is 8.71. The van der Waals surface area contributed by atoms with Crippen LogP contribution < -0.4 is 5.73 Å². The summed E-state index contributed by atoms with van der Waals surface area (Å²) in [7, 11) is 0. The zero-order valence-corrected chi connectivity index (χ0v) is 12.7. The number of hydrogen-bond donors (Lipinski definition) is 2. The van der Waals surface area contributed by atoms with Gasteiger partial charge in [0.05, 0.1) is 46.2 Å². The van der Waals surface area contributed by atoms with Crippen LogP contribution in [-0.2, 0) is 18.9 Å². The van der Waals surface area contributed by atoms with Crippen LogP contribution in [0.25, 0.3) is 0 Å². The Morgan fingerprint density at radius 3 is 1.70 bits per heavy atom. The van der Waals surface area contributed by atoms with Gasteiger partial charge < -0.3 is 29.8 Å². The average Bonchev–Trinajstić information content (AvgIpc) is 2.47. The van der Waals surface area contributed by atoms with Gasteiger partial charge in [-0.3, -0.25) is 0 Å². The van der Waals surface area contributed by atoms with Gasteiger partial charge in [-0.25, -0.2) is 0 Å². The molecule has 20 heavy (non-hydrogen) atoms. The molecule has 0 aliphatic rings. The third kappa shape index (κ3) is 15.8. The van der Waals surface area contributed by atoms with Gasteiger partial charge in [0.15, 0.2) is 0 Å². The van der Waals surface area contributed by atoms with E-state index in [2.05, 4.69) is 6.92 Å². The third-order valence-electron chi connectivity index (χ3n) is 2.63. The highest BCUT2D eigenvalue weighted by Gasteiger charge is 1.99. The Hall–Kier alpha value is -0.240. The molecule has 0 saturated carbocycles. The summed E-state index contributed by atoms with van der Waals surface area (Å²) in [6, 6.07) is -0.191. The highest BCUT2D eigenvalue weighted by atomic mass is 16.6. The van der Waals surface area contributed by atoms with E-state index in [9.17, 15) is 0 Å². The molecule has 122 valence electrons. The van der Waals surface area contributed by atoms with Crippen molar-refractivity contribution < 1.29 is 24.1 Å². The van der Waals surface area contributed by atoms with E-state index in [1.54, 1.807) is 0 Å². The van der Waals surface area contributed by atoms with Gasteiger partial charge in [-0.15, -0.1) is 0 Å². The van der Waals surface area contributed by atoms with Crippen LogP contribution >= 0.6 is 0 Å². The van der Waals surface area contributed by atoms with E-state index in [0.717, 1.165) is 19.4 Å². The molecule has 0 aromatic carbocycles. The van der Waals surface area contributed by atoms with Crippen molar-refractivity contribution in [2.24, 2.45) is 5.73 Å². The molecular formula is C14H31NO5. The number of ether oxygens (including phenoxy) is 4. The van der Waals surface area contributed by atoms with Crippen LogP contribution in [-0.4, -0.2) is 70.6 Å². The fourth-order valence-corrected chi connectivity index (χ4v) is 1.33. The first-order chi connectivity index (χ1) is 9.81. The predicted octanol–water partition coefficient (Wildman–Crippen LogP) is 0.563. The minimum atomic E-state index is -0.191. The van der Waals surface area contributed by atoms with Crippen LogP contribution in [0.2, 0.25) is 0 Å². The Kier molecular flexibility index (Phi) is 16.6. The van der Waals surface area contributed by atoms with Crippen molar-refractivity contribution in [3.05, 3.63) is 0 Å². The molecule has 0 radical (unpaired) electrons. The summed E-state index contributed by atoms with van der Waals surface area (Å²) in [6.07, 6.45) is 2.92. The lowest BCUT2D eigenvalue weighted by atomic mass is 10.2. The average molecular weight is 293 g/mol. The van der Waals surface area contributed by atoms with E-state index < -0.39 is 0 Å². The summed E-state index contributed by atoms with van der Waals surface area (Å²) >= 11 is 0. The second-order valence-electron chi connectivity index (χ2n) is 4.53. The van der Waals surface area contributed by atoms with E-state index in [0.29, 0.717) is 52.7 Å². The van der Waals surface area contributed by atoms with Crippen molar-refractivity contribution in [2.75, 3.05) is 59.5 Å². The van der Waals surface area contributed by atoms with E-state index in [-0.39, 0.29) is 12.6 Å². The van der Waals surface area contributed by atoms with Gasteiger partial charge in [-0.05, 0) is 12.8 Å². The van der Waals surface area contributed by atoms with Gasteiger partial charge in [0.2, 0.25) is 0 Å². The van der Waals surface area contributed by atoms with Gasteiger partial charge in [0.25, 0.3) is 0 Å². The van der Waals surface area contributed by atoms with Gasteiger partial charge in [0.1, 0.15) is 0 Å². The second-order valence-corrected chi connectivity index (χ2v) is 4.53. The van der Waals surface area contributed by atoms with Crippen molar-refractivity contribution in [2.45, 2.75) is 32.2 Å². The standard InChI is InChI=1S/C14H31NO5/c1-2-3-5-17-7-9-19-11-12-20-10-8-18-6-4-14(15)13-16/h14,16H,2-13,15H2,1H3. The topological polar surface area (TPSA) is 83.2 Å². The molecule has 0 amide bonds. The largest absolute Gasteiger partial charge is 0.395 e. The minimum Gasteiger partial charge on any atom is -0.395 e. The van der Waals surface area contributed by atoms with Crippen LogP contribution in [0.3, 0.4) is 0 Å². The van der Waals surface area contributed by atoms with Gasteiger partial charge in [-0.2, -0.15) is 0 Å². The molecular weight excluding hydrogens is 262 g/mol. The van der Waals surface area contributed by atoms with E-state index in [1.807, 2.05) is 0 Å². The summed E-state index contributed by atoms with van der Waals surface area (Å²) in [6.45, 7) is 6.99. The van der Waals surface area contributed by atoms with Crippen molar-refractivity contribution >= 4 is 0 Å². The Bertz CT molecular complexity index is 183. The summed E-state index contributed by atoms with van der Waals surface area (Å²) in [5.74, 6) is 0. The Morgan fingerprint density at radius 2 is 1.25 bits per heavy atom. The Labute approximate surface area is 122 Å². The molecule has 0 fully saturated rings. The lowest BCUT2D eigenvalue weighted by Gasteiger charge is -2.09. The minimum absolute atomic E-state index is 0.000637. The zero-order chi connectivity index (χ0) is 14.9. The van der Waals surface area contributed by atoms with Crippen molar-refractivity contribution in [3.63, 3.8) is 0 Å². The molecule has 0 heterocycles. The first kappa shape index (κ1) is 19.8. The lowest BCUT2D eigenvalue weighted by molar-refractivity contribution is -0.00293. The molecule has 3 N–H and O–H groups in total. The maximum Gasteiger partial charge on any atom is 0.0701 e. The number of hydrogen-bond acceptors (Lipinski definition) is 6. The summed E-state index contributed by atoms with van der Waals surface area (Å²) < 4.78 is 21.4. The summed E-state index contributed by atoms with van der Waals surface area (Å²) in [5.41, 5.74) is 5.53. The smallest absolute Gasteiger partial charge is 0.0701 e. The maximum atomic E-state index is 8.71. The number of aliphatic hydroxyl groups excluding tert-OH is 1. The normalized spacial score (nSPS) is 12.8. The molecule has 0 saturated heterocycles. The fraction of sp³-hybridized carbons (Fsp3) is 1.00. The molecule has 0 aromatic heterocycles. The van der Waals surface area contributed by atoms with Crippen molar-refractivity contribution in [3.8, 4) is 0 Å². The molecule has 0 aliphatic heterocycles. The molecule has 0 bridgehead atoms. The quantitative estimate of drug-likeness (QED) is 0.405. The molecule has 0 aromatic rings. The monoisotopic (exact) mass is 293 g/mol. The summed E-state index contributed by atoms with van der Waals surface area (Å²) in [4.78, 5) is 0. The summed E-state index contributed by atoms with van der Waals surface area (Å²) in [5, 5.41) is 8.71. The number of unbranched alkanes of at least 4 members (excludes halogenated alkanes) is 1. The molecule has 0 spiro atoms. The third-order valence-corrected chi connectivity index (χ3v) is 2.63. The van der Waals surface area contributed by atoms with Crippen LogP contribution in [0.15, 0.2) is 0 Å². The van der Waals surface area contributed by atoms with Crippen LogP contribution in [0.4, 0.5) is 0 Å². The first-order valence-corrected chi connectivity index (χ1v) is 7.48. The van der Waals surface area contributed by atoms with Gasteiger partial charge >= 0.3 is 0 Å². The molecule has 1 unspecified atom stereocenters. The number of aliphatic hydroxyl groups is 1. The van der Waals surface area contributed by atoms with Crippen LogP contribution in [0.5, 0.6) is 0 Å². The van der Waals surface area contributed by atoms with E-state index >= 15 is 0 Å². The molecule has 6 heteroatoms. The van der Waals surface area contributed by atoms with Crippen molar-refractivity contribution in [1.29, 1.82) is 0 Å². The van der Waals surface area contributed by atoms with Gasteiger partial charge in [0, 0.05) is 19.3 Å². The number of nitrogens with two attached hydrogens (primary N) is 1. The zero-order valence-electron chi connectivity index (χ0n) is 12.7. The Balaban J connectivity index is 2.96. The molecule has 0 rings (SSSR count). The predicted molar refractivity (Wildman–Crippen MR) is 77.9 cm³/mol. The second kappa shape index (κ2) is 16.8. The highest BCUT2D eigenvalue weighted by molar-refractivity contribution is 4.56. The van der Waals surface area contributed by atoms with Crippen molar-refractivity contribution in [1.82, 2.24) is 0 Å². The lowest BCUT2D eigenvalue weighted by Crippen LogP contribution is -2.26. The number of rotatable bonds is 16. The SMILES string of the molecule is CCCCOCCOCCOCCOCCC(N)CO. The van der Waals surface area contributed by atoms with Crippen LogP contribution in [0, 0.1) is 0 Å². The molecule has 0 aliphatic carbocycles. The van der Waals surface area contributed by atoms with Crippen LogP contribution in [0.1, 0.15) is 26.2 Å². The molecule has 6 nitrogen and oxygen atoms in total. The molecule has 1 atom stereocenters. The fourth-order valence-electron chi connectivity index (χ4n) is 1.33. The van der Waals surface area contributed by atoms with E-state index in [1.165, 1.54) is 0 Å². The Morgan fingerprint density at radius 1 is 0.800 bits per heavy atom. The van der Waals surface area contributed by atoms with E-state index in [4.69, 9.17) is 29.8 Å². The highest BCUT2D eigenvalue weighted by Crippen LogP contribution is 1.89.